The summed E-state index contributed by atoms with van der Waals surface area (Å²) in [5.41, 5.74) is -0.0214. The maximum absolute atomic E-state index is 11.8. The largest absolute Gasteiger partial charge is 0.480 e. The summed E-state index contributed by atoms with van der Waals surface area (Å²) in [6.07, 6.45) is 0.703. The molecule has 0 aliphatic heterocycles. The van der Waals surface area contributed by atoms with Gasteiger partial charge in [0.25, 0.3) is 0 Å². The summed E-state index contributed by atoms with van der Waals surface area (Å²) in [5.74, 6) is -0.661. The number of hydrogen-bond acceptors (Lipinski definition) is 2. The molecule has 0 rings (SSSR count). The Bertz CT molecular complexity index is 314. The zero-order valence-electron chi connectivity index (χ0n) is 12.9. The van der Waals surface area contributed by atoms with Gasteiger partial charge in [0, 0.05) is 6.54 Å². The molecule has 19 heavy (non-hydrogen) atoms. The second-order valence-electron chi connectivity index (χ2n) is 6.17. The van der Waals surface area contributed by atoms with Crippen molar-refractivity contribution in [1.82, 2.24) is 10.6 Å². The van der Waals surface area contributed by atoms with Gasteiger partial charge in [-0.05, 0) is 17.3 Å². The van der Waals surface area contributed by atoms with E-state index < -0.39 is 18.0 Å². The number of rotatable bonds is 7. The number of carboxylic acids is 1. The third kappa shape index (κ3) is 5.94. The monoisotopic (exact) mass is 272 g/mol. The summed E-state index contributed by atoms with van der Waals surface area (Å²) in [5, 5.41) is 14.4. The average Bonchev–Trinajstić information content (AvgIpc) is 2.32. The van der Waals surface area contributed by atoms with Crippen LogP contribution in [-0.4, -0.2) is 29.7 Å². The number of carboxylic acid groups (broad SMARTS) is 1. The summed E-state index contributed by atoms with van der Waals surface area (Å²) in [6.45, 7) is 12.6. The summed E-state index contributed by atoms with van der Waals surface area (Å²) in [6, 6.07) is -1.26. The Hall–Kier alpha value is -1.26. The Morgan fingerprint density at radius 3 is 2.11 bits per heavy atom. The van der Waals surface area contributed by atoms with E-state index >= 15 is 0 Å². The molecule has 0 heterocycles. The highest BCUT2D eigenvalue weighted by Crippen LogP contribution is 2.24. The predicted octanol–water partition coefficient (Wildman–Crippen LogP) is 2.47. The van der Waals surface area contributed by atoms with E-state index in [0.29, 0.717) is 18.9 Å². The molecule has 0 aliphatic carbocycles. The van der Waals surface area contributed by atoms with Crippen LogP contribution < -0.4 is 10.6 Å². The van der Waals surface area contributed by atoms with E-state index in [4.69, 9.17) is 5.11 Å². The smallest absolute Gasteiger partial charge is 0.326 e. The topological polar surface area (TPSA) is 78.4 Å². The summed E-state index contributed by atoms with van der Waals surface area (Å²) >= 11 is 0. The first-order valence-corrected chi connectivity index (χ1v) is 6.89. The van der Waals surface area contributed by atoms with Crippen LogP contribution in [0.25, 0.3) is 0 Å². The fraction of sp³-hybridized carbons (Fsp3) is 0.857. The Labute approximate surface area is 116 Å². The standard InChI is InChI=1S/C14H28N2O3/c1-7-10(4)11(12(17)18)16-13(19)15-8-14(5,6)9(2)3/h9-11H,7-8H2,1-6H3,(H,17,18)(H2,15,16,19)/t10?,11-/m0/s1. The summed E-state index contributed by atoms with van der Waals surface area (Å²) < 4.78 is 0. The lowest BCUT2D eigenvalue weighted by molar-refractivity contribution is -0.140. The number of aliphatic carboxylic acids is 1. The van der Waals surface area contributed by atoms with Crippen molar-refractivity contribution >= 4 is 12.0 Å². The van der Waals surface area contributed by atoms with Crippen molar-refractivity contribution in [3.63, 3.8) is 0 Å². The van der Waals surface area contributed by atoms with Crippen molar-refractivity contribution in [2.75, 3.05) is 6.54 Å². The van der Waals surface area contributed by atoms with Crippen molar-refractivity contribution in [1.29, 1.82) is 0 Å². The molecule has 0 saturated heterocycles. The Morgan fingerprint density at radius 2 is 1.74 bits per heavy atom. The maximum atomic E-state index is 11.8. The predicted molar refractivity (Wildman–Crippen MR) is 76.0 cm³/mol. The normalized spacial score (nSPS) is 14.9. The molecule has 3 N–H and O–H groups in total. The highest BCUT2D eigenvalue weighted by molar-refractivity contribution is 5.82. The number of nitrogens with one attached hydrogen (secondary N) is 2. The highest BCUT2D eigenvalue weighted by Gasteiger charge is 2.27. The first-order chi connectivity index (χ1) is 8.61. The molecule has 112 valence electrons. The summed E-state index contributed by atoms with van der Waals surface area (Å²) in [4.78, 5) is 22.9. The van der Waals surface area contributed by atoms with Crippen molar-refractivity contribution in [3.05, 3.63) is 0 Å². The quantitative estimate of drug-likeness (QED) is 0.666. The molecule has 0 spiro atoms. The number of amides is 2. The van der Waals surface area contributed by atoms with E-state index in [1.54, 1.807) is 0 Å². The van der Waals surface area contributed by atoms with Gasteiger partial charge in [0.1, 0.15) is 6.04 Å². The highest BCUT2D eigenvalue weighted by atomic mass is 16.4. The van der Waals surface area contributed by atoms with Crippen LogP contribution in [0.1, 0.15) is 48.0 Å². The van der Waals surface area contributed by atoms with E-state index in [0.717, 1.165) is 0 Å². The van der Waals surface area contributed by atoms with Gasteiger partial charge in [-0.15, -0.1) is 0 Å². The van der Waals surface area contributed by atoms with Gasteiger partial charge in [-0.25, -0.2) is 9.59 Å². The molecular formula is C14H28N2O3. The molecule has 0 aromatic carbocycles. The van der Waals surface area contributed by atoms with Crippen molar-refractivity contribution < 1.29 is 14.7 Å². The van der Waals surface area contributed by atoms with Gasteiger partial charge in [-0.1, -0.05) is 48.0 Å². The van der Waals surface area contributed by atoms with Crippen LogP contribution >= 0.6 is 0 Å². The number of carbonyl (C=O) groups is 2. The second kappa shape index (κ2) is 7.36. The maximum Gasteiger partial charge on any atom is 0.326 e. The Morgan fingerprint density at radius 1 is 1.21 bits per heavy atom. The van der Waals surface area contributed by atoms with Crippen molar-refractivity contribution in [2.45, 2.75) is 54.0 Å². The van der Waals surface area contributed by atoms with Crippen LogP contribution in [0.3, 0.4) is 0 Å². The van der Waals surface area contributed by atoms with E-state index in [2.05, 4.69) is 38.3 Å². The van der Waals surface area contributed by atoms with Crippen molar-refractivity contribution in [3.8, 4) is 0 Å². The fourth-order valence-corrected chi connectivity index (χ4v) is 1.39. The lowest BCUT2D eigenvalue weighted by atomic mass is 9.81. The molecule has 0 saturated carbocycles. The van der Waals surface area contributed by atoms with Crippen molar-refractivity contribution in [2.24, 2.45) is 17.3 Å². The van der Waals surface area contributed by atoms with Gasteiger partial charge < -0.3 is 15.7 Å². The molecule has 5 heteroatoms. The Balaban J connectivity index is 4.40. The molecule has 0 fully saturated rings. The molecule has 2 atom stereocenters. The lowest BCUT2D eigenvalue weighted by Gasteiger charge is -2.30. The fourth-order valence-electron chi connectivity index (χ4n) is 1.39. The average molecular weight is 272 g/mol. The van der Waals surface area contributed by atoms with Crippen LogP contribution in [0.5, 0.6) is 0 Å². The third-order valence-corrected chi connectivity index (χ3v) is 4.03. The molecular weight excluding hydrogens is 244 g/mol. The second-order valence-corrected chi connectivity index (χ2v) is 6.17. The molecule has 0 bridgehead atoms. The molecule has 1 unspecified atom stereocenters. The molecule has 2 amide bonds. The Kier molecular flexibility index (Phi) is 6.87. The molecule has 5 nitrogen and oxygen atoms in total. The molecule has 0 aliphatic rings. The lowest BCUT2D eigenvalue weighted by Crippen LogP contribution is -2.51. The van der Waals surface area contributed by atoms with Gasteiger partial charge in [0.2, 0.25) is 0 Å². The first kappa shape index (κ1) is 17.7. The number of carbonyl (C=O) groups excluding carboxylic acids is 1. The van der Waals surface area contributed by atoms with Gasteiger partial charge in [0.15, 0.2) is 0 Å². The SMILES string of the molecule is CCC(C)[C@H](NC(=O)NCC(C)(C)C(C)C)C(=O)O. The van der Waals surface area contributed by atoms with Gasteiger partial charge in [-0.3, -0.25) is 0 Å². The number of hydrogen-bond donors (Lipinski definition) is 3. The van der Waals surface area contributed by atoms with E-state index in [-0.39, 0.29) is 11.3 Å². The van der Waals surface area contributed by atoms with Crippen LogP contribution in [0.4, 0.5) is 4.79 Å². The molecule has 0 radical (unpaired) electrons. The van der Waals surface area contributed by atoms with Crippen LogP contribution in [0.2, 0.25) is 0 Å². The third-order valence-electron chi connectivity index (χ3n) is 4.03. The van der Waals surface area contributed by atoms with Gasteiger partial charge in [-0.2, -0.15) is 0 Å². The zero-order valence-corrected chi connectivity index (χ0v) is 12.9. The number of urea groups is 1. The zero-order chi connectivity index (χ0) is 15.2. The molecule has 0 aromatic rings. The minimum Gasteiger partial charge on any atom is -0.480 e. The van der Waals surface area contributed by atoms with Crippen LogP contribution in [0, 0.1) is 17.3 Å². The minimum atomic E-state index is -0.993. The van der Waals surface area contributed by atoms with Crippen LogP contribution in [-0.2, 0) is 4.79 Å². The first-order valence-electron chi connectivity index (χ1n) is 6.89. The summed E-state index contributed by atoms with van der Waals surface area (Å²) in [7, 11) is 0. The van der Waals surface area contributed by atoms with Crippen LogP contribution in [0.15, 0.2) is 0 Å². The minimum absolute atomic E-state index is 0.0214. The van der Waals surface area contributed by atoms with Gasteiger partial charge >= 0.3 is 12.0 Å². The van der Waals surface area contributed by atoms with E-state index in [1.165, 1.54) is 0 Å². The molecule has 0 aromatic heterocycles. The van der Waals surface area contributed by atoms with E-state index in [1.807, 2.05) is 13.8 Å². The van der Waals surface area contributed by atoms with E-state index in [9.17, 15) is 9.59 Å². The van der Waals surface area contributed by atoms with Gasteiger partial charge in [0.05, 0.1) is 0 Å².